The van der Waals surface area contributed by atoms with Crippen LogP contribution >= 0.6 is 11.8 Å². The van der Waals surface area contributed by atoms with Gasteiger partial charge in [0.05, 0.1) is 33.4 Å². The Morgan fingerprint density at radius 2 is 0.552 bits per heavy atom. The first-order valence-corrected chi connectivity index (χ1v) is 30.6. The molecule has 0 unspecified atom stereocenters. The van der Waals surface area contributed by atoms with Crippen molar-refractivity contribution in [3.63, 3.8) is 0 Å². The van der Waals surface area contributed by atoms with E-state index in [9.17, 15) is 0 Å². The lowest BCUT2D eigenvalue weighted by Gasteiger charge is -2.15. The van der Waals surface area contributed by atoms with E-state index >= 15 is 0 Å². The van der Waals surface area contributed by atoms with Crippen molar-refractivity contribution >= 4 is 100 Å². The monoisotopic (exact) mass is 1120 g/mol. The highest BCUT2D eigenvalue weighted by Gasteiger charge is 2.20. The van der Waals surface area contributed by atoms with E-state index < -0.39 is 0 Å². The van der Waals surface area contributed by atoms with Gasteiger partial charge in [0.1, 0.15) is 0 Å². The van der Waals surface area contributed by atoms with Crippen LogP contribution in [0, 0.1) is 0 Å². The van der Waals surface area contributed by atoms with Gasteiger partial charge in [0.25, 0.3) is 0 Å². The van der Waals surface area contributed by atoms with Gasteiger partial charge in [0.15, 0.2) is 0 Å². The van der Waals surface area contributed by atoms with Crippen LogP contribution < -0.4 is 0 Å². The van der Waals surface area contributed by atoms with Crippen LogP contribution in [0.3, 0.4) is 0 Å². The summed E-state index contributed by atoms with van der Waals surface area (Å²) in [6.07, 6.45) is 4.66. The highest BCUT2D eigenvalue weighted by Crippen LogP contribution is 2.43. The summed E-state index contributed by atoms with van der Waals surface area (Å²) in [5.74, 6) is 0. The number of benzene rings is 14. The Morgan fingerprint density at radius 3 is 0.920 bits per heavy atom. The third-order valence-electron chi connectivity index (χ3n) is 17.2. The summed E-state index contributed by atoms with van der Waals surface area (Å²) in [6.45, 7) is 0. The minimum atomic E-state index is 1.17. The number of hydrogen-bond donors (Lipinski definition) is 0. The van der Waals surface area contributed by atoms with Crippen LogP contribution in [0.25, 0.3) is 122 Å². The SMILES string of the molecule is C(=C(c1ccccc1)c1ccccc1)c1ccc2c(c1)c1ccccc1n2-c1ccc(-c2ccc(Sc3ccc(-c4ccc(-n5c6ccccc6c6cc(C=C(c7ccccc7)c7ccccc7)ccc65)c5ccccc45)cc3)cc2)c2ccccc12. The zero-order chi connectivity index (χ0) is 57.6. The van der Waals surface area contributed by atoms with Crippen molar-refractivity contribution in [2.24, 2.45) is 0 Å². The van der Waals surface area contributed by atoms with Gasteiger partial charge < -0.3 is 9.13 Å². The van der Waals surface area contributed by atoms with Crippen LogP contribution in [-0.2, 0) is 0 Å². The van der Waals surface area contributed by atoms with Gasteiger partial charge in [-0.15, -0.1) is 0 Å². The quantitative estimate of drug-likeness (QED) is 0.111. The van der Waals surface area contributed by atoms with Crippen molar-refractivity contribution in [3.8, 4) is 33.6 Å². The van der Waals surface area contributed by atoms with E-state index in [1.165, 1.54) is 153 Å². The molecule has 0 aliphatic heterocycles. The van der Waals surface area contributed by atoms with Crippen LogP contribution in [0.4, 0.5) is 0 Å². The fraction of sp³-hybridized carbons (Fsp3) is 0. The smallest absolute Gasteiger partial charge is 0.0541 e. The molecule has 0 fully saturated rings. The van der Waals surface area contributed by atoms with Gasteiger partial charge in [-0.05, 0) is 163 Å². The fourth-order valence-electron chi connectivity index (χ4n) is 13.2. The number of rotatable bonds is 12. The first-order valence-electron chi connectivity index (χ1n) is 29.8. The molecule has 0 aliphatic carbocycles. The number of aromatic nitrogens is 2. The van der Waals surface area contributed by atoms with Gasteiger partial charge in [-0.25, -0.2) is 0 Å². The maximum absolute atomic E-state index is 2.46. The first-order chi connectivity index (χ1) is 43.1. The highest BCUT2D eigenvalue weighted by molar-refractivity contribution is 7.99. The lowest BCUT2D eigenvalue weighted by atomic mass is 9.95. The molecule has 3 heteroatoms. The maximum atomic E-state index is 2.46. The van der Waals surface area contributed by atoms with Crippen molar-refractivity contribution in [3.05, 3.63) is 361 Å². The Morgan fingerprint density at radius 1 is 0.241 bits per heavy atom. The Hall–Kier alpha value is -11.0. The molecule has 408 valence electrons. The van der Waals surface area contributed by atoms with Crippen LogP contribution in [0.15, 0.2) is 337 Å². The molecule has 14 aromatic carbocycles. The van der Waals surface area contributed by atoms with E-state index in [1.54, 1.807) is 11.8 Å². The predicted molar refractivity (Wildman–Crippen MR) is 371 cm³/mol. The van der Waals surface area contributed by atoms with Crippen molar-refractivity contribution in [1.82, 2.24) is 9.13 Å². The maximum Gasteiger partial charge on any atom is 0.0541 e. The first kappa shape index (κ1) is 51.7. The molecule has 0 bridgehead atoms. The minimum Gasteiger partial charge on any atom is -0.309 e. The van der Waals surface area contributed by atoms with Crippen LogP contribution in [0.5, 0.6) is 0 Å². The number of hydrogen-bond acceptors (Lipinski definition) is 1. The average molecular weight is 1130 g/mol. The molecule has 87 heavy (non-hydrogen) atoms. The zero-order valence-corrected chi connectivity index (χ0v) is 48.5. The standard InChI is InChI=1S/C84H56N2S/c1-5-21-59(22-6-1)75(60-23-7-2-8-24-60)53-57-37-49-83-77(55-57)73-33-17-19-35-79(73)85(83)81-51-47-67(69-29-13-15-31-71(69)81)63-39-43-65(44-40-63)87-66-45-41-64(42-46-66)68-48-52-82(72-32-16-14-30-70(68)72)86-80-36-20-18-34-74(80)78-56-58(38-50-84(78)86)54-76(61-25-9-3-10-26-61)62-27-11-4-12-28-62/h1-56H. The molecule has 16 aromatic rings. The van der Waals surface area contributed by atoms with Crippen molar-refractivity contribution < 1.29 is 0 Å². The highest BCUT2D eigenvalue weighted by atomic mass is 32.2. The molecule has 2 aromatic heterocycles. The molecule has 2 heterocycles. The second kappa shape index (κ2) is 22.2. The lowest BCUT2D eigenvalue weighted by Crippen LogP contribution is -1.96. The molecule has 16 rings (SSSR count). The average Bonchev–Trinajstić information content (AvgIpc) is 2.26. The molecule has 0 atom stereocenters. The summed E-state index contributed by atoms with van der Waals surface area (Å²) in [5.41, 5.74) is 21.4. The summed E-state index contributed by atoms with van der Waals surface area (Å²) in [4.78, 5) is 2.40. The van der Waals surface area contributed by atoms with Gasteiger partial charge in [-0.2, -0.15) is 0 Å². The lowest BCUT2D eigenvalue weighted by molar-refractivity contribution is 1.20. The van der Waals surface area contributed by atoms with E-state index in [2.05, 4.69) is 349 Å². The van der Waals surface area contributed by atoms with Gasteiger partial charge >= 0.3 is 0 Å². The third-order valence-corrected chi connectivity index (χ3v) is 18.2. The fourth-order valence-corrected chi connectivity index (χ4v) is 14.0. The predicted octanol–water partition coefficient (Wildman–Crippen LogP) is 22.9. The number of nitrogens with zero attached hydrogens (tertiary/aromatic N) is 2. The van der Waals surface area contributed by atoms with Crippen molar-refractivity contribution in [2.45, 2.75) is 9.79 Å². The Kier molecular flexibility index (Phi) is 13.2. The summed E-state index contributed by atoms with van der Waals surface area (Å²) in [5, 5.41) is 9.81. The van der Waals surface area contributed by atoms with E-state index in [4.69, 9.17) is 0 Å². The summed E-state index contributed by atoms with van der Waals surface area (Å²) in [7, 11) is 0. The normalized spacial score (nSPS) is 11.5. The Labute approximate surface area is 510 Å². The van der Waals surface area contributed by atoms with E-state index in [0.29, 0.717) is 0 Å². The number of para-hydroxylation sites is 2. The van der Waals surface area contributed by atoms with Crippen LogP contribution in [0.2, 0.25) is 0 Å². The molecule has 0 amide bonds. The summed E-state index contributed by atoms with van der Waals surface area (Å²) < 4.78 is 4.91. The molecule has 0 saturated carbocycles. The molecule has 0 aliphatic rings. The molecule has 0 radical (unpaired) electrons. The second-order valence-corrected chi connectivity index (χ2v) is 23.5. The molecule has 0 saturated heterocycles. The van der Waals surface area contributed by atoms with Gasteiger partial charge in [0.2, 0.25) is 0 Å². The van der Waals surface area contributed by atoms with Crippen molar-refractivity contribution in [2.75, 3.05) is 0 Å². The second-order valence-electron chi connectivity index (χ2n) is 22.3. The molecule has 2 nitrogen and oxygen atoms in total. The molecule has 0 spiro atoms. The summed E-state index contributed by atoms with van der Waals surface area (Å²) >= 11 is 1.80. The summed E-state index contributed by atoms with van der Waals surface area (Å²) in [6, 6.07) is 120. The van der Waals surface area contributed by atoms with Gasteiger partial charge in [0, 0.05) is 42.1 Å². The topological polar surface area (TPSA) is 9.86 Å². The Balaban J connectivity index is 0.682. The van der Waals surface area contributed by atoms with E-state index in [1.807, 2.05) is 0 Å². The molecule has 0 N–H and O–H groups in total. The van der Waals surface area contributed by atoms with Crippen LogP contribution in [0.1, 0.15) is 33.4 Å². The van der Waals surface area contributed by atoms with Crippen molar-refractivity contribution in [1.29, 1.82) is 0 Å². The zero-order valence-electron chi connectivity index (χ0n) is 47.6. The van der Waals surface area contributed by atoms with Crippen LogP contribution in [-0.4, -0.2) is 9.13 Å². The van der Waals surface area contributed by atoms with Gasteiger partial charge in [-0.3, -0.25) is 0 Å². The Bertz CT molecular complexity index is 4890. The third kappa shape index (κ3) is 9.52. The minimum absolute atomic E-state index is 1.17. The molecular weight excluding hydrogens is 1070 g/mol. The largest absolute Gasteiger partial charge is 0.309 e. The van der Waals surface area contributed by atoms with Gasteiger partial charge in [-0.1, -0.05) is 267 Å². The van der Waals surface area contributed by atoms with E-state index in [-0.39, 0.29) is 0 Å². The number of fused-ring (bicyclic) bond motifs is 8. The van der Waals surface area contributed by atoms with E-state index in [0.717, 1.165) is 0 Å². The molecular formula is C84H56N2S.